The van der Waals surface area contributed by atoms with E-state index in [0.29, 0.717) is 19.0 Å². The van der Waals surface area contributed by atoms with E-state index in [1.54, 1.807) is 0 Å². The molecule has 1 atom stereocenters. The lowest BCUT2D eigenvalue weighted by atomic mass is 9.84. The zero-order chi connectivity index (χ0) is 10.9. The molecule has 1 aliphatic carbocycles. The second-order valence-electron chi connectivity index (χ2n) is 3.91. The Hall–Kier alpha value is -1.24. The summed E-state index contributed by atoms with van der Waals surface area (Å²) in [5, 5.41) is 15.6. The fourth-order valence-corrected chi connectivity index (χ4v) is 2.10. The molecule has 0 amide bonds. The maximum atomic E-state index is 9.02. The number of azide groups is 1. The molecule has 0 aromatic rings. The fraction of sp³-hybridized carbons (Fsp3) is 0.900. The molecular weight excluding hydrogens is 190 g/mol. The van der Waals surface area contributed by atoms with Gasteiger partial charge in [0.15, 0.2) is 0 Å². The van der Waals surface area contributed by atoms with Crippen LogP contribution in [-0.4, -0.2) is 19.1 Å². The molecule has 1 aliphatic rings. The lowest BCUT2D eigenvalue weighted by Gasteiger charge is -2.26. The van der Waals surface area contributed by atoms with E-state index in [4.69, 9.17) is 10.8 Å². The highest BCUT2D eigenvalue weighted by atomic mass is 15.1. The first-order chi connectivity index (χ1) is 7.38. The van der Waals surface area contributed by atoms with E-state index in [-0.39, 0.29) is 6.04 Å². The zero-order valence-electron chi connectivity index (χ0n) is 8.89. The summed E-state index contributed by atoms with van der Waals surface area (Å²) in [6.45, 7) is 1.01. The Morgan fingerprint density at radius 2 is 2.20 bits per heavy atom. The van der Waals surface area contributed by atoms with Gasteiger partial charge in [0.2, 0.25) is 0 Å². The summed E-state index contributed by atoms with van der Waals surface area (Å²) in [7, 11) is 0. The molecule has 0 aromatic heterocycles. The van der Waals surface area contributed by atoms with E-state index in [0.717, 1.165) is 12.8 Å². The van der Waals surface area contributed by atoms with Gasteiger partial charge in [-0.2, -0.15) is 5.26 Å². The van der Waals surface area contributed by atoms with E-state index in [1.807, 2.05) is 0 Å². The van der Waals surface area contributed by atoms with Crippen LogP contribution in [0.25, 0.3) is 10.4 Å². The van der Waals surface area contributed by atoms with Crippen LogP contribution in [0.3, 0.4) is 0 Å². The molecule has 1 saturated carbocycles. The molecule has 82 valence electrons. The van der Waals surface area contributed by atoms with Crippen LogP contribution in [0.15, 0.2) is 5.11 Å². The molecule has 0 aliphatic heterocycles. The Morgan fingerprint density at radius 3 is 2.80 bits per heavy atom. The van der Waals surface area contributed by atoms with Gasteiger partial charge < -0.3 is 5.32 Å². The second kappa shape index (κ2) is 7.10. The smallest absolute Gasteiger partial charge is 0.0981 e. The molecule has 5 nitrogen and oxygen atoms in total. The van der Waals surface area contributed by atoms with Crippen LogP contribution < -0.4 is 5.32 Å². The van der Waals surface area contributed by atoms with E-state index in [9.17, 15) is 0 Å². The maximum Gasteiger partial charge on any atom is 0.0981 e. The third-order valence-electron chi connectivity index (χ3n) is 2.90. The molecule has 0 spiro atoms. The lowest BCUT2D eigenvalue weighted by molar-refractivity contribution is 0.306. The topological polar surface area (TPSA) is 84.6 Å². The first-order valence-electron chi connectivity index (χ1n) is 5.52. The summed E-state index contributed by atoms with van der Waals surface area (Å²) in [4.78, 5) is 2.67. The van der Waals surface area contributed by atoms with Crippen molar-refractivity contribution in [3.8, 4) is 6.07 Å². The first-order valence-corrected chi connectivity index (χ1v) is 5.52. The number of rotatable bonds is 5. The molecule has 0 aromatic carbocycles. The maximum absolute atomic E-state index is 9.02. The van der Waals surface area contributed by atoms with Crippen LogP contribution in [0.5, 0.6) is 0 Å². The Bertz CT molecular complexity index is 257. The molecule has 15 heavy (non-hydrogen) atoms. The summed E-state index contributed by atoms with van der Waals surface area (Å²) in [5.74, 6) is 0.481. The van der Waals surface area contributed by atoms with Crippen LogP contribution >= 0.6 is 0 Å². The summed E-state index contributed by atoms with van der Waals surface area (Å²) < 4.78 is 0. The van der Waals surface area contributed by atoms with Gasteiger partial charge in [-0.15, -0.1) is 0 Å². The number of hydrogen-bond acceptors (Lipinski definition) is 3. The highest BCUT2D eigenvalue weighted by molar-refractivity contribution is 4.95. The van der Waals surface area contributed by atoms with Gasteiger partial charge in [-0.05, 0) is 24.3 Å². The average molecular weight is 207 g/mol. The van der Waals surface area contributed by atoms with Gasteiger partial charge in [-0.3, -0.25) is 0 Å². The van der Waals surface area contributed by atoms with Crippen molar-refractivity contribution in [1.29, 1.82) is 5.26 Å². The fourth-order valence-electron chi connectivity index (χ4n) is 2.10. The van der Waals surface area contributed by atoms with Crippen molar-refractivity contribution in [2.24, 2.45) is 11.0 Å². The lowest BCUT2D eigenvalue weighted by Crippen LogP contribution is -2.37. The summed E-state index contributed by atoms with van der Waals surface area (Å²) in [6, 6.07) is 2.23. The van der Waals surface area contributed by atoms with Gasteiger partial charge in [0, 0.05) is 18.0 Å². The molecule has 1 rings (SSSR count). The van der Waals surface area contributed by atoms with Gasteiger partial charge in [-0.25, -0.2) is 0 Å². The van der Waals surface area contributed by atoms with Crippen LogP contribution in [-0.2, 0) is 0 Å². The Morgan fingerprint density at radius 1 is 1.47 bits per heavy atom. The number of nitrogens with one attached hydrogen (secondary N) is 1. The standard InChI is InChI=1S/C10H17N5/c11-8-10(13-6-7-14-15-12)9-4-2-1-3-5-9/h9-10,13H,1-7H2. The van der Waals surface area contributed by atoms with Gasteiger partial charge >= 0.3 is 0 Å². The second-order valence-corrected chi connectivity index (χ2v) is 3.91. The van der Waals surface area contributed by atoms with Crippen LogP contribution in [0.2, 0.25) is 0 Å². The zero-order valence-corrected chi connectivity index (χ0v) is 8.89. The van der Waals surface area contributed by atoms with Crippen molar-refractivity contribution in [2.75, 3.05) is 13.1 Å². The summed E-state index contributed by atoms with van der Waals surface area (Å²) in [5.41, 5.74) is 8.10. The number of nitriles is 1. The molecule has 0 heterocycles. The van der Waals surface area contributed by atoms with Crippen molar-refractivity contribution in [2.45, 2.75) is 38.1 Å². The Kier molecular flexibility index (Phi) is 5.60. The van der Waals surface area contributed by atoms with Crippen molar-refractivity contribution < 1.29 is 0 Å². The normalized spacial score (nSPS) is 18.9. The van der Waals surface area contributed by atoms with Crippen LogP contribution in [0, 0.1) is 17.2 Å². The Balaban J connectivity index is 2.28. The monoisotopic (exact) mass is 207 g/mol. The SMILES string of the molecule is N#CC(NCCN=[N+]=[N-])C1CCCCC1. The van der Waals surface area contributed by atoms with Crippen LogP contribution in [0.4, 0.5) is 0 Å². The minimum absolute atomic E-state index is 0.0702. The predicted octanol–water partition coefficient (Wildman–Crippen LogP) is 2.36. The van der Waals surface area contributed by atoms with Crippen molar-refractivity contribution in [3.05, 3.63) is 10.4 Å². The van der Waals surface area contributed by atoms with Gasteiger partial charge in [0.1, 0.15) is 0 Å². The van der Waals surface area contributed by atoms with E-state index >= 15 is 0 Å². The largest absolute Gasteiger partial charge is 0.302 e. The summed E-state index contributed by atoms with van der Waals surface area (Å²) in [6.07, 6.45) is 6.06. The van der Waals surface area contributed by atoms with E-state index < -0.39 is 0 Å². The third-order valence-corrected chi connectivity index (χ3v) is 2.90. The van der Waals surface area contributed by atoms with Gasteiger partial charge in [0.05, 0.1) is 12.1 Å². The average Bonchev–Trinajstić information content (AvgIpc) is 2.30. The predicted molar refractivity (Wildman–Crippen MR) is 58.0 cm³/mol. The number of nitrogens with zero attached hydrogens (tertiary/aromatic N) is 4. The highest BCUT2D eigenvalue weighted by Gasteiger charge is 2.22. The molecule has 0 saturated heterocycles. The molecule has 1 fully saturated rings. The van der Waals surface area contributed by atoms with Gasteiger partial charge in [0.25, 0.3) is 0 Å². The molecule has 1 unspecified atom stereocenters. The highest BCUT2D eigenvalue weighted by Crippen LogP contribution is 2.26. The third kappa shape index (κ3) is 4.20. The minimum atomic E-state index is -0.0702. The summed E-state index contributed by atoms with van der Waals surface area (Å²) >= 11 is 0. The van der Waals surface area contributed by atoms with Crippen LogP contribution in [0.1, 0.15) is 32.1 Å². The minimum Gasteiger partial charge on any atom is -0.302 e. The van der Waals surface area contributed by atoms with E-state index in [1.165, 1.54) is 19.3 Å². The van der Waals surface area contributed by atoms with Crippen molar-refractivity contribution >= 4 is 0 Å². The van der Waals surface area contributed by atoms with Crippen molar-refractivity contribution in [1.82, 2.24) is 5.32 Å². The molecule has 5 heteroatoms. The molecule has 1 N–H and O–H groups in total. The van der Waals surface area contributed by atoms with Gasteiger partial charge in [-0.1, -0.05) is 24.4 Å². The quantitative estimate of drug-likeness (QED) is 0.325. The molecule has 0 radical (unpaired) electrons. The molecule has 0 bridgehead atoms. The van der Waals surface area contributed by atoms with E-state index in [2.05, 4.69) is 21.4 Å². The Labute approximate surface area is 90.1 Å². The number of hydrogen-bond donors (Lipinski definition) is 1. The first kappa shape index (κ1) is 11.8. The van der Waals surface area contributed by atoms with Crippen molar-refractivity contribution in [3.63, 3.8) is 0 Å². The molecular formula is C10H17N5.